The lowest BCUT2D eigenvalue weighted by Crippen LogP contribution is -2.29. The molecule has 0 saturated carbocycles. The Kier molecular flexibility index (Phi) is 39.1. The molecule has 0 radical (unpaired) electrons. The van der Waals surface area contributed by atoms with E-state index in [0.29, 0.717) is 13.0 Å². The highest BCUT2D eigenvalue weighted by Crippen LogP contribution is 2.43. The maximum absolute atomic E-state index is 12.6. The molecule has 10 heteroatoms. The Morgan fingerprint density at radius 2 is 1.06 bits per heavy atom. The molecule has 314 valence electrons. The van der Waals surface area contributed by atoms with Crippen LogP contribution in [0.25, 0.3) is 0 Å². The highest BCUT2D eigenvalue weighted by Gasteiger charge is 2.26. The first-order valence-corrected chi connectivity index (χ1v) is 23.1. The van der Waals surface area contributed by atoms with Crippen molar-refractivity contribution < 1.29 is 37.6 Å². The van der Waals surface area contributed by atoms with Gasteiger partial charge in [-0.15, -0.1) is 0 Å². The fourth-order valence-corrected chi connectivity index (χ4v) is 6.47. The van der Waals surface area contributed by atoms with Gasteiger partial charge in [-0.3, -0.25) is 18.6 Å². The van der Waals surface area contributed by atoms with Crippen molar-refractivity contribution in [1.29, 1.82) is 0 Å². The Balaban J connectivity index is 4.26. The van der Waals surface area contributed by atoms with E-state index in [1.807, 2.05) is 0 Å². The van der Waals surface area contributed by atoms with E-state index < -0.39 is 26.5 Å². The molecule has 0 aromatic rings. The molecule has 0 rings (SSSR count). The number of rotatable bonds is 40. The van der Waals surface area contributed by atoms with Gasteiger partial charge in [0.05, 0.1) is 13.2 Å². The molecule has 0 aliphatic rings. The molecular formula is C44H80NO8P. The number of phosphoric ester groups is 1. The Morgan fingerprint density at radius 1 is 0.593 bits per heavy atom. The maximum Gasteiger partial charge on any atom is 0.472 e. The summed E-state index contributed by atoms with van der Waals surface area (Å²) in [6.45, 7) is 4.07. The van der Waals surface area contributed by atoms with Crippen molar-refractivity contribution in [2.45, 2.75) is 187 Å². The normalized spacial score (nSPS) is 13.8. The van der Waals surface area contributed by atoms with Crippen molar-refractivity contribution in [1.82, 2.24) is 5.32 Å². The molecule has 0 heterocycles. The second-order valence-corrected chi connectivity index (χ2v) is 15.6. The predicted molar refractivity (Wildman–Crippen MR) is 224 cm³/mol. The van der Waals surface area contributed by atoms with Gasteiger partial charge in [0, 0.05) is 19.4 Å². The average Bonchev–Trinajstić information content (AvgIpc) is 3.15. The first kappa shape index (κ1) is 52.0. The Bertz CT molecular complexity index is 1030. The summed E-state index contributed by atoms with van der Waals surface area (Å²) in [5.74, 6) is -0.853. The van der Waals surface area contributed by atoms with Crippen molar-refractivity contribution in [2.24, 2.45) is 0 Å². The number of likely N-dealkylation sites (N-methyl/N-ethyl adjacent to an activating group) is 1. The zero-order chi connectivity index (χ0) is 39.6. The van der Waals surface area contributed by atoms with E-state index in [1.54, 1.807) is 7.05 Å². The van der Waals surface area contributed by atoms with Gasteiger partial charge in [-0.25, -0.2) is 4.57 Å². The minimum atomic E-state index is -4.36. The Labute approximate surface area is 330 Å². The smallest absolute Gasteiger partial charge is 0.462 e. The fraction of sp³-hybridized carbons (Fsp3) is 0.773. The molecule has 2 unspecified atom stereocenters. The van der Waals surface area contributed by atoms with E-state index in [4.69, 9.17) is 18.5 Å². The van der Waals surface area contributed by atoms with E-state index in [-0.39, 0.29) is 32.0 Å². The largest absolute Gasteiger partial charge is 0.472 e. The fourth-order valence-electron chi connectivity index (χ4n) is 5.72. The lowest BCUT2D eigenvalue weighted by molar-refractivity contribution is -0.161. The van der Waals surface area contributed by atoms with E-state index in [2.05, 4.69) is 67.8 Å². The van der Waals surface area contributed by atoms with Gasteiger partial charge < -0.3 is 19.7 Å². The van der Waals surface area contributed by atoms with Crippen LogP contribution in [0, 0.1) is 0 Å². The molecule has 0 aromatic carbocycles. The second-order valence-electron chi connectivity index (χ2n) is 14.1. The maximum atomic E-state index is 12.6. The molecule has 0 saturated heterocycles. The second kappa shape index (κ2) is 40.6. The standard InChI is InChI=1S/C44H80NO8P/c1-4-6-8-10-12-14-16-18-20-21-23-24-26-28-30-32-34-36-43(46)50-40-42(41-52-54(48,49)51-39-38-45-3)53-44(47)37-35-33-31-29-27-25-22-19-17-15-13-11-9-7-5-2/h7,9,13,15,19,22,27,29,42,45H,4-6,8,10-12,14,16-18,20-21,23-26,28,30-41H2,1-3H3,(H,48,49)/b9-7-,15-13-,22-19-,29-27-. The van der Waals surface area contributed by atoms with Crippen LogP contribution in [-0.4, -0.2) is 56.3 Å². The lowest BCUT2D eigenvalue weighted by Gasteiger charge is -2.20. The SMILES string of the molecule is CC/C=C\C/C=C\C/C=C\C/C=C\CCCCC(=O)OC(COC(=O)CCCCCCCCCCCCCCCCCCC)COP(=O)(O)OCCNC. The van der Waals surface area contributed by atoms with Crippen molar-refractivity contribution in [2.75, 3.05) is 33.4 Å². The topological polar surface area (TPSA) is 120 Å². The minimum Gasteiger partial charge on any atom is -0.462 e. The van der Waals surface area contributed by atoms with Gasteiger partial charge in [0.2, 0.25) is 0 Å². The predicted octanol–water partition coefficient (Wildman–Crippen LogP) is 12.2. The van der Waals surface area contributed by atoms with Crippen LogP contribution in [0.3, 0.4) is 0 Å². The first-order chi connectivity index (χ1) is 26.3. The van der Waals surface area contributed by atoms with E-state index in [9.17, 15) is 19.0 Å². The van der Waals surface area contributed by atoms with Crippen molar-refractivity contribution in [3.05, 3.63) is 48.6 Å². The number of esters is 2. The molecule has 2 N–H and O–H groups in total. The molecule has 0 bridgehead atoms. The number of phosphoric acid groups is 1. The first-order valence-electron chi connectivity index (χ1n) is 21.6. The van der Waals surface area contributed by atoms with Crippen LogP contribution in [0.4, 0.5) is 0 Å². The third-order valence-corrected chi connectivity index (χ3v) is 9.95. The number of hydrogen-bond acceptors (Lipinski definition) is 8. The van der Waals surface area contributed by atoms with Gasteiger partial charge in [0.1, 0.15) is 6.61 Å². The van der Waals surface area contributed by atoms with Crippen molar-refractivity contribution in [3.63, 3.8) is 0 Å². The number of allylic oxidation sites excluding steroid dienone is 8. The van der Waals surface area contributed by atoms with E-state index in [0.717, 1.165) is 57.8 Å². The number of unbranched alkanes of at least 4 members (excludes halogenated alkanes) is 18. The quantitative estimate of drug-likeness (QED) is 0.0271. The number of ether oxygens (including phenoxy) is 2. The summed E-state index contributed by atoms with van der Waals surface area (Å²) in [4.78, 5) is 35.0. The van der Waals surface area contributed by atoms with Crippen LogP contribution >= 0.6 is 7.82 Å². The highest BCUT2D eigenvalue weighted by atomic mass is 31.2. The Morgan fingerprint density at radius 3 is 1.57 bits per heavy atom. The molecule has 0 fully saturated rings. The monoisotopic (exact) mass is 782 g/mol. The van der Waals surface area contributed by atoms with E-state index in [1.165, 1.54) is 89.9 Å². The number of carbonyl (C=O) groups excluding carboxylic acids is 2. The van der Waals surface area contributed by atoms with Gasteiger partial charge in [-0.2, -0.15) is 0 Å². The van der Waals surface area contributed by atoms with Gasteiger partial charge in [0.15, 0.2) is 6.10 Å². The zero-order valence-electron chi connectivity index (χ0n) is 34.7. The molecule has 0 aliphatic heterocycles. The van der Waals surface area contributed by atoms with Crippen LogP contribution < -0.4 is 5.32 Å². The zero-order valence-corrected chi connectivity index (χ0v) is 35.6. The molecule has 54 heavy (non-hydrogen) atoms. The van der Waals surface area contributed by atoms with Crippen LogP contribution in [0.2, 0.25) is 0 Å². The van der Waals surface area contributed by atoms with Crippen molar-refractivity contribution in [3.8, 4) is 0 Å². The summed E-state index contributed by atoms with van der Waals surface area (Å²) < 4.78 is 33.1. The third-order valence-electron chi connectivity index (χ3n) is 8.96. The number of nitrogens with one attached hydrogen (secondary N) is 1. The third kappa shape index (κ3) is 39.7. The van der Waals surface area contributed by atoms with Crippen LogP contribution in [-0.2, 0) is 32.7 Å². The summed E-state index contributed by atoms with van der Waals surface area (Å²) in [5, 5.41) is 2.82. The molecule has 2 atom stereocenters. The number of hydrogen-bond donors (Lipinski definition) is 2. The molecule has 0 amide bonds. The summed E-state index contributed by atoms with van der Waals surface area (Å²) in [6.07, 6.45) is 44.5. The molecule has 0 aliphatic carbocycles. The minimum absolute atomic E-state index is 0.0254. The van der Waals surface area contributed by atoms with Gasteiger partial charge in [0.25, 0.3) is 0 Å². The van der Waals surface area contributed by atoms with Crippen LogP contribution in [0.15, 0.2) is 48.6 Å². The van der Waals surface area contributed by atoms with Gasteiger partial charge >= 0.3 is 19.8 Å². The van der Waals surface area contributed by atoms with Crippen LogP contribution in [0.1, 0.15) is 181 Å². The summed E-state index contributed by atoms with van der Waals surface area (Å²) in [5.41, 5.74) is 0. The highest BCUT2D eigenvalue weighted by molar-refractivity contribution is 7.47. The van der Waals surface area contributed by atoms with Crippen LogP contribution in [0.5, 0.6) is 0 Å². The average molecular weight is 782 g/mol. The molecular weight excluding hydrogens is 701 g/mol. The summed E-state index contributed by atoms with van der Waals surface area (Å²) in [7, 11) is -2.66. The molecule has 9 nitrogen and oxygen atoms in total. The summed E-state index contributed by atoms with van der Waals surface area (Å²) >= 11 is 0. The summed E-state index contributed by atoms with van der Waals surface area (Å²) in [6, 6.07) is 0. The molecule has 0 spiro atoms. The Hall–Kier alpha value is -2.03. The molecule has 0 aromatic heterocycles. The number of carbonyl (C=O) groups is 2. The van der Waals surface area contributed by atoms with Crippen molar-refractivity contribution >= 4 is 19.8 Å². The van der Waals surface area contributed by atoms with E-state index >= 15 is 0 Å². The lowest BCUT2D eigenvalue weighted by atomic mass is 10.0. The van der Waals surface area contributed by atoms with Gasteiger partial charge in [-0.1, -0.05) is 165 Å². The van der Waals surface area contributed by atoms with Gasteiger partial charge in [-0.05, 0) is 58.4 Å².